The van der Waals surface area contributed by atoms with Crippen LogP contribution >= 0.6 is 0 Å². The van der Waals surface area contributed by atoms with E-state index in [0.717, 1.165) is 30.8 Å². The largest absolute Gasteiger partial charge is 0.354 e. The number of rotatable bonds is 4. The van der Waals surface area contributed by atoms with E-state index in [1.165, 1.54) is 6.92 Å². The van der Waals surface area contributed by atoms with Crippen LogP contribution in [0.4, 0.5) is 0 Å². The first-order valence-electron chi connectivity index (χ1n) is 6.78. The van der Waals surface area contributed by atoms with Gasteiger partial charge in [0, 0.05) is 23.8 Å². The molecule has 0 aromatic carbocycles. The number of ketones is 1. The predicted molar refractivity (Wildman–Crippen MR) is 73.7 cm³/mol. The predicted octanol–water partition coefficient (Wildman–Crippen LogP) is 1.18. The SMILES string of the molecule is CCc1c(C(=O)NC2CCNC2)[nH]c(C)c1C(C)=O. The number of aryl methyl sites for hydroxylation is 1. The number of nitrogens with one attached hydrogen (secondary N) is 3. The third kappa shape index (κ3) is 2.71. The molecule has 0 saturated carbocycles. The molecule has 0 bridgehead atoms. The highest BCUT2D eigenvalue weighted by molar-refractivity contribution is 6.02. The molecule has 2 rings (SSSR count). The second kappa shape index (κ2) is 5.57. The number of aromatic amines is 1. The van der Waals surface area contributed by atoms with Crippen LogP contribution in [0.25, 0.3) is 0 Å². The molecule has 3 N–H and O–H groups in total. The maximum Gasteiger partial charge on any atom is 0.268 e. The van der Waals surface area contributed by atoms with Crippen LogP contribution in [0.5, 0.6) is 0 Å². The molecule has 1 aromatic rings. The molecule has 0 spiro atoms. The van der Waals surface area contributed by atoms with Crippen molar-refractivity contribution < 1.29 is 9.59 Å². The Hall–Kier alpha value is -1.62. The van der Waals surface area contributed by atoms with Gasteiger partial charge in [-0.25, -0.2) is 0 Å². The number of carbonyl (C=O) groups excluding carboxylic acids is 2. The fourth-order valence-corrected chi connectivity index (χ4v) is 2.74. The van der Waals surface area contributed by atoms with Crippen LogP contribution in [0.3, 0.4) is 0 Å². The number of aromatic nitrogens is 1. The van der Waals surface area contributed by atoms with Gasteiger partial charge in [0.2, 0.25) is 0 Å². The molecule has 1 amide bonds. The summed E-state index contributed by atoms with van der Waals surface area (Å²) in [6.07, 6.45) is 1.62. The Morgan fingerprint density at radius 2 is 2.16 bits per heavy atom. The number of Topliss-reactive ketones (excluding diaryl/α,β-unsaturated/α-hetero) is 1. The van der Waals surface area contributed by atoms with Gasteiger partial charge in [-0.3, -0.25) is 9.59 Å². The maximum atomic E-state index is 12.3. The van der Waals surface area contributed by atoms with Gasteiger partial charge in [-0.1, -0.05) is 6.92 Å². The van der Waals surface area contributed by atoms with E-state index in [4.69, 9.17) is 0 Å². The van der Waals surface area contributed by atoms with Crippen molar-refractivity contribution in [1.82, 2.24) is 15.6 Å². The monoisotopic (exact) mass is 263 g/mol. The zero-order valence-corrected chi connectivity index (χ0v) is 11.7. The van der Waals surface area contributed by atoms with Crippen LogP contribution in [0.2, 0.25) is 0 Å². The van der Waals surface area contributed by atoms with E-state index >= 15 is 0 Å². The molecule has 1 saturated heterocycles. The smallest absolute Gasteiger partial charge is 0.268 e. The summed E-state index contributed by atoms with van der Waals surface area (Å²) in [5.41, 5.74) is 2.81. The molecule has 5 nitrogen and oxygen atoms in total. The first-order valence-corrected chi connectivity index (χ1v) is 6.78. The molecule has 1 fully saturated rings. The Labute approximate surface area is 113 Å². The van der Waals surface area contributed by atoms with Crippen molar-refractivity contribution >= 4 is 11.7 Å². The zero-order chi connectivity index (χ0) is 14.0. The molecule has 104 valence electrons. The summed E-state index contributed by atoms with van der Waals surface area (Å²) in [6.45, 7) is 7.09. The van der Waals surface area contributed by atoms with E-state index in [2.05, 4.69) is 15.6 Å². The summed E-state index contributed by atoms with van der Waals surface area (Å²) in [6, 6.07) is 0.182. The van der Waals surface area contributed by atoms with Crippen LogP contribution in [0.1, 0.15) is 52.4 Å². The van der Waals surface area contributed by atoms with Crippen molar-refractivity contribution in [3.05, 3.63) is 22.5 Å². The number of hydrogen-bond donors (Lipinski definition) is 3. The van der Waals surface area contributed by atoms with Crippen molar-refractivity contribution in [2.24, 2.45) is 0 Å². The van der Waals surface area contributed by atoms with E-state index in [1.54, 1.807) is 0 Å². The Balaban J connectivity index is 2.25. The van der Waals surface area contributed by atoms with Gasteiger partial charge in [0.25, 0.3) is 5.91 Å². The molecule has 1 aliphatic heterocycles. The Bertz CT molecular complexity index is 499. The molecule has 1 aromatic heterocycles. The van der Waals surface area contributed by atoms with Crippen LogP contribution in [0, 0.1) is 6.92 Å². The van der Waals surface area contributed by atoms with Gasteiger partial charge in [-0.2, -0.15) is 0 Å². The second-order valence-corrected chi connectivity index (χ2v) is 5.05. The van der Waals surface area contributed by atoms with Crippen molar-refractivity contribution in [3.63, 3.8) is 0 Å². The van der Waals surface area contributed by atoms with E-state index in [1.807, 2.05) is 13.8 Å². The molecule has 19 heavy (non-hydrogen) atoms. The first kappa shape index (κ1) is 13.8. The standard InChI is InChI=1S/C14H21N3O2/c1-4-11-12(9(3)18)8(2)16-13(11)14(19)17-10-5-6-15-7-10/h10,15-16H,4-7H2,1-3H3,(H,17,19). The molecule has 1 unspecified atom stereocenters. The molecular weight excluding hydrogens is 242 g/mol. The van der Waals surface area contributed by atoms with Crippen LogP contribution in [-0.2, 0) is 6.42 Å². The fraction of sp³-hybridized carbons (Fsp3) is 0.571. The van der Waals surface area contributed by atoms with Gasteiger partial charge < -0.3 is 15.6 Å². The average Bonchev–Trinajstić information content (AvgIpc) is 2.95. The quantitative estimate of drug-likeness (QED) is 0.714. The molecular formula is C14H21N3O2. The van der Waals surface area contributed by atoms with Gasteiger partial charge in [0.05, 0.1) is 0 Å². The van der Waals surface area contributed by atoms with Crippen LogP contribution in [-0.4, -0.2) is 35.8 Å². The summed E-state index contributed by atoms with van der Waals surface area (Å²) < 4.78 is 0. The number of hydrogen-bond acceptors (Lipinski definition) is 3. The zero-order valence-electron chi connectivity index (χ0n) is 11.7. The fourth-order valence-electron chi connectivity index (χ4n) is 2.74. The van der Waals surface area contributed by atoms with Crippen molar-refractivity contribution in [2.45, 2.75) is 39.7 Å². The Kier molecular flexibility index (Phi) is 4.04. The third-order valence-corrected chi connectivity index (χ3v) is 3.62. The minimum atomic E-state index is -0.110. The molecule has 1 atom stereocenters. The van der Waals surface area contributed by atoms with Gasteiger partial charge in [-0.15, -0.1) is 0 Å². The summed E-state index contributed by atoms with van der Waals surface area (Å²) in [5.74, 6) is -0.103. The van der Waals surface area contributed by atoms with E-state index in [0.29, 0.717) is 17.7 Å². The van der Waals surface area contributed by atoms with Gasteiger partial charge in [0.15, 0.2) is 5.78 Å². The Morgan fingerprint density at radius 3 is 2.68 bits per heavy atom. The second-order valence-electron chi connectivity index (χ2n) is 5.05. The highest BCUT2D eigenvalue weighted by Gasteiger charge is 2.24. The maximum absolute atomic E-state index is 12.3. The highest BCUT2D eigenvalue weighted by atomic mass is 16.2. The lowest BCUT2D eigenvalue weighted by molar-refractivity contribution is 0.0934. The van der Waals surface area contributed by atoms with E-state index in [-0.39, 0.29) is 17.7 Å². The van der Waals surface area contributed by atoms with Crippen molar-refractivity contribution in [3.8, 4) is 0 Å². The van der Waals surface area contributed by atoms with Gasteiger partial charge in [-0.05, 0) is 38.8 Å². The minimum Gasteiger partial charge on any atom is -0.354 e. The van der Waals surface area contributed by atoms with E-state index < -0.39 is 0 Å². The molecule has 1 aliphatic rings. The molecule has 0 radical (unpaired) electrons. The molecule has 0 aliphatic carbocycles. The first-order chi connectivity index (χ1) is 9.04. The van der Waals surface area contributed by atoms with Gasteiger partial charge in [0.1, 0.15) is 5.69 Å². The lowest BCUT2D eigenvalue weighted by atomic mass is 10.0. The summed E-state index contributed by atoms with van der Waals surface area (Å²) >= 11 is 0. The summed E-state index contributed by atoms with van der Waals surface area (Å²) in [7, 11) is 0. The Morgan fingerprint density at radius 1 is 1.42 bits per heavy atom. The lowest BCUT2D eigenvalue weighted by Gasteiger charge is -2.11. The summed E-state index contributed by atoms with van der Waals surface area (Å²) in [4.78, 5) is 27.0. The number of H-pyrrole nitrogens is 1. The molecule has 2 heterocycles. The molecule has 5 heteroatoms. The van der Waals surface area contributed by atoms with E-state index in [9.17, 15) is 9.59 Å². The van der Waals surface area contributed by atoms with Crippen molar-refractivity contribution in [2.75, 3.05) is 13.1 Å². The van der Waals surface area contributed by atoms with Gasteiger partial charge >= 0.3 is 0 Å². The average molecular weight is 263 g/mol. The summed E-state index contributed by atoms with van der Waals surface area (Å²) in [5, 5.41) is 6.22. The highest BCUT2D eigenvalue weighted by Crippen LogP contribution is 2.20. The topological polar surface area (TPSA) is 74.0 Å². The third-order valence-electron chi connectivity index (χ3n) is 3.62. The lowest BCUT2D eigenvalue weighted by Crippen LogP contribution is -2.36. The number of amides is 1. The van der Waals surface area contributed by atoms with Crippen molar-refractivity contribution in [1.29, 1.82) is 0 Å². The minimum absolute atomic E-state index is 0.00665. The number of carbonyl (C=O) groups is 2. The normalized spacial score (nSPS) is 18.6. The van der Waals surface area contributed by atoms with Crippen LogP contribution in [0.15, 0.2) is 0 Å². The van der Waals surface area contributed by atoms with Crippen LogP contribution < -0.4 is 10.6 Å².